The Bertz CT molecular complexity index is 933. The monoisotopic (exact) mass is 276 g/mol. The molecule has 3 N–H and O–H groups in total. The lowest BCUT2D eigenvalue weighted by molar-refractivity contribution is 0.530. The number of fused-ring (bicyclic) bond motifs is 3. The molecule has 0 aliphatic rings. The first-order valence-electron chi connectivity index (χ1n) is 7.03. The van der Waals surface area contributed by atoms with E-state index in [9.17, 15) is 0 Å². The van der Waals surface area contributed by atoms with Gasteiger partial charge in [-0.25, -0.2) is 0 Å². The second-order valence-corrected chi connectivity index (χ2v) is 5.44. The van der Waals surface area contributed by atoms with E-state index in [1.165, 1.54) is 10.8 Å². The van der Waals surface area contributed by atoms with Crippen LogP contribution in [0.25, 0.3) is 21.8 Å². The third-order valence-electron chi connectivity index (χ3n) is 4.00. The van der Waals surface area contributed by atoms with Gasteiger partial charge in [0.25, 0.3) is 0 Å². The van der Waals surface area contributed by atoms with Crippen molar-refractivity contribution in [1.82, 2.24) is 4.98 Å². The lowest BCUT2D eigenvalue weighted by Crippen LogP contribution is -2.10. The average Bonchev–Trinajstić information content (AvgIpc) is 3.09. The van der Waals surface area contributed by atoms with Crippen LogP contribution in [0, 0.1) is 6.92 Å². The number of furan rings is 1. The van der Waals surface area contributed by atoms with E-state index in [0.717, 1.165) is 27.9 Å². The molecule has 0 radical (unpaired) electrons. The van der Waals surface area contributed by atoms with Crippen molar-refractivity contribution in [1.29, 1.82) is 0 Å². The Labute approximate surface area is 122 Å². The van der Waals surface area contributed by atoms with Crippen molar-refractivity contribution in [3.63, 3.8) is 0 Å². The van der Waals surface area contributed by atoms with E-state index in [1.54, 1.807) is 6.26 Å². The first-order chi connectivity index (χ1) is 10.2. The van der Waals surface area contributed by atoms with Crippen LogP contribution in [0.2, 0.25) is 0 Å². The molecule has 0 bridgehead atoms. The Kier molecular flexibility index (Phi) is 2.62. The minimum atomic E-state index is -0.166. The lowest BCUT2D eigenvalue weighted by atomic mass is 10.00. The number of aryl methyl sites for hydroxylation is 1. The largest absolute Gasteiger partial charge is 0.469 e. The molecule has 0 amide bonds. The fourth-order valence-corrected chi connectivity index (χ4v) is 2.88. The maximum absolute atomic E-state index is 6.36. The minimum absolute atomic E-state index is 0.166. The Hall–Kier alpha value is -2.52. The van der Waals surface area contributed by atoms with Crippen molar-refractivity contribution in [3.8, 4) is 0 Å². The second-order valence-electron chi connectivity index (χ2n) is 5.44. The molecule has 2 aromatic heterocycles. The molecule has 0 aliphatic heterocycles. The van der Waals surface area contributed by atoms with Gasteiger partial charge in [0.05, 0.1) is 12.3 Å². The van der Waals surface area contributed by atoms with E-state index in [-0.39, 0.29) is 6.04 Å². The zero-order valence-corrected chi connectivity index (χ0v) is 11.8. The highest BCUT2D eigenvalue weighted by Gasteiger charge is 2.13. The molecular weight excluding hydrogens is 260 g/mol. The van der Waals surface area contributed by atoms with Gasteiger partial charge in [-0.2, -0.15) is 0 Å². The van der Waals surface area contributed by atoms with Gasteiger partial charge in [0.1, 0.15) is 5.76 Å². The van der Waals surface area contributed by atoms with Crippen molar-refractivity contribution >= 4 is 21.8 Å². The molecule has 0 spiro atoms. The summed E-state index contributed by atoms with van der Waals surface area (Å²) in [6.45, 7) is 1.93. The summed E-state index contributed by atoms with van der Waals surface area (Å²) in [4.78, 5) is 3.43. The van der Waals surface area contributed by atoms with Gasteiger partial charge in [-0.05, 0) is 36.8 Å². The molecule has 1 atom stereocenters. The predicted molar refractivity (Wildman–Crippen MR) is 85.3 cm³/mol. The van der Waals surface area contributed by atoms with Crippen molar-refractivity contribution in [3.05, 3.63) is 71.7 Å². The van der Waals surface area contributed by atoms with Crippen molar-refractivity contribution in [2.45, 2.75) is 13.0 Å². The van der Waals surface area contributed by atoms with Crippen molar-refractivity contribution in [2.24, 2.45) is 5.73 Å². The molecule has 0 saturated heterocycles. The molecule has 1 unspecified atom stereocenters. The number of para-hydroxylation sites is 1. The highest BCUT2D eigenvalue weighted by Crippen LogP contribution is 2.29. The van der Waals surface area contributed by atoms with Gasteiger partial charge in [-0.1, -0.05) is 24.3 Å². The average molecular weight is 276 g/mol. The summed E-state index contributed by atoms with van der Waals surface area (Å²) < 4.78 is 5.36. The van der Waals surface area contributed by atoms with E-state index < -0.39 is 0 Å². The number of nitrogens with two attached hydrogens (primary N) is 1. The van der Waals surface area contributed by atoms with E-state index >= 15 is 0 Å². The second kappa shape index (κ2) is 4.50. The standard InChI is InChI=1S/C18H16N2O/c1-11-8-13(10-21-11)18(19)12-6-7-17-15(9-12)14-4-2-3-5-16(14)20-17/h2-10,18,20H,19H2,1H3. The smallest absolute Gasteiger partial charge is 0.101 e. The molecule has 2 aromatic carbocycles. The quantitative estimate of drug-likeness (QED) is 0.574. The summed E-state index contributed by atoms with van der Waals surface area (Å²) in [5.74, 6) is 0.883. The van der Waals surface area contributed by atoms with Crippen molar-refractivity contribution < 1.29 is 4.42 Å². The van der Waals surface area contributed by atoms with Crippen LogP contribution in [-0.4, -0.2) is 4.98 Å². The molecule has 104 valence electrons. The van der Waals surface area contributed by atoms with Crippen LogP contribution in [-0.2, 0) is 0 Å². The molecule has 21 heavy (non-hydrogen) atoms. The van der Waals surface area contributed by atoms with Crippen LogP contribution < -0.4 is 5.73 Å². The molecule has 3 heteroatoms. The van der Waals surface area contributed by atoms with Crippen LogP contribution in [0.4, 0.5) is 0 Å². The van der Waals surface area contributed by atoms with Crippen molar-refractivity contribution in [2.75, 3.05) is 0 Å². The summed E-state index contributed by atoms with van der Waals surface area (Å²) in [5, 5.41) is 2.43. The van der Waals surface area contributed by atoms with Crippen LogP contribution in [0.5, 0.6) is 0 Å². The number of aromatic amines is 1. The number of rotatable bonds is 2. The number of hydrogen-bond acceptors (Lipinski definition) is 2. The van der Waals surface area contributed by atoms with E-state index in [1.807, 2.05) is 19.1 Å². The summed E-state index contributed by atoms with van der Waals surface area (Å²) in [7, 11) is 0. The van der Waals surface area contributed by atoms with Gasteiger partial charge in [-0.15, -0.1) is 0 Å². The zero-order chi connectivity index (χ0) is 14.4. The van der Waals surface area contributed by atoms with Crippen LogP contribution in [0.1, 0.15) is 22.9 Å². The zero-order valence-electron chi connectivity index (χ0n) is 11.8. The summed E-state index contributed by atoms with van der Waals surface area (Å²) in [6.07, 6.45) is 1.74. The summed E-state index contributed by atoms with van der Waals surface area (Å²) >= 11 is 0. The minimum Gasteiger partial charge on any atom is -0.469 e. The topological polar surface area (TPSA) is 55.0 Å². The highest BCUT2D eigenvalue weighted by atomic mass is 16.3. The van der Waals surface area contributed by atoms with Gasteiger partial charge < -0.3 is 15.1 Å². The molecule has 0 fully saturated rings. The third kappa shape index (κ3) is 1.94. The van der Waals surface area contributed by atoms with Crippen LogP contribution >= 0.6 is 0 Å². The third-order valence-corrected chi connectivity index (χ3v) is 4.00. The maximum atomic E-state index is 6.36. The summed E-state index contributed by atoms with van der Waals surface area (Å²) in [6, 6.07) is 16.5. The Morgan fingerprint density at radius 3 is 2.57 bits per heavy atom. The maximum Gasteiger partial charge on any atom is 0.101 e. The molecule has 0 saturated carbocycles. The fraction of sp³-hybridized carbons (Fsp3) is 0.111. The number of nitrogens with one attached hydrogen (secondary N) is 1. The number of aromatic nitrogens is 1. The normalized spacial score (nSPS) is 13.0. The number of hydrogen-bond donors (Lipinski definition) is 2. The number of benzene rings is 2. The van der Waals surface area contributed by atoms with Gasteiger partial charge in [0.15, 0.2) is 0 Å². The van der Waals surface area contributed by atoms with Gasteiger partial charge in [0.2, 0.25) is 0 Å². The first kappa shape index (κ1) is 12.2. The molecule has 2 heterocycles. The van der Waals surface area contributed by atoms with Gasteiger partial charge in [0, 0.05) is 27.4 Å². The number of H-pyrrole nitrogens is 1. The SMILES string of the molecule is Cc1cc(C(N)c2ccc3[nH]c4ccccc4c3c2)co1. The lowest BCUT2D eigenvalue weighted by Gasteiger charge is -2.09. The predicted octanol–water partition coefficient (Wildman–Crippen LogP) is 4.27. The molecular formula is C18H16N2O. The molecule has 3 nitrogen and oxygen atoms in total. The van der Waals surface area contributed by atoms with E-state index in [4.69, 9.17) is 10.2 Å². The van der Waals surface area contributed by atoms with Crippen LogP contribution in [0.15, 0.2) is 59.2 Å². The van der Waals surface area contributed by atoms with Crippen LogP contribution in [0.3, 0.4) is 0 Å². The van der Waals surface area contributed by atoms with Gasteiger partial charge >= 0.3 is 0 Å². The Morgan fingerprint density at radius 1 is 0.952 bits per heavy atom. The first-order valence-corrected chi connectivity index (χ1v) is 7.03. The Morgan fingerprint density at radius 2 is 1.76 bits per heavy atom. The Balaban J connectivity index is 1.88. The molecule has 4 rings (SSSR count). The van der Waals surface area contributed by atoms with Gasteiger partial charge in [-0.3, -0.25) is 0 Å². The molecule has 0 aliphatic carbocycles. The fourth-order valence-electron chi connectivity index (χ4n) is 2.88. The molecule has 4 aromatic rings. The highest BCUT2D eigenvalue weighted by molar-refractivity contribution is 6.07. The summed E-state index contributed by atoms with van der Waals surface area (Å²) in [5.41, 5.74) is 10.7. The van der Waals surface area contributed by atoms with E-state index in [2.05, 4.69) is 41.4 Å². The van der Waals surface area contributed by atoms with E-state index in [0.29, 0.717) is 0 Å².